The second-order valence-corrected chi connectivity index (χ2v) is 5.30. The Hall–Kier alpha value is -2.11. The zero-order valence-electron chi connectivity index (χ0n) is 10.9. The highest BCUT2D eigenvalue weighted by Gasteiger charge is 2.16. The predicted octanol–water partition coefficient (Wildman–Crippen LogP) is 2.69. The van der Waals surface area contributed by atoms with Gasteiger partial charge in [-0.1, -0.05) is 0 Å². The maximum Gasteiger partial charge on any atom is 0.271 e. The molecule has 0 atom stereocenters. The van der Waals surface area contributed by atoms with Crippen LogP contribution in [0.25, 0.3) is 11.0 Å². The van der Waals surface area contributed by atoms with Crippen LogP contribution < -0.4 is 5.32 Å². The summed E-state index contributed by atoms with van der Waals surface area (Å²) in [5.41, 5.74) is 1.44. The van der Waals surface area contributed by atoms with Crippen molar-refractivity contribution in [3.05, 3.63) is 28.3 Å². The second-order valence-electron chi connectivity index (χ2n) is 5.30. The lowest BCUT2D eigenvalue weighted by Gasteiger charge is -2.21. The number of benzene rings is 1. The lowest BCUT2D eigenvalue weighted by Crippen LogP contribution is -2.27. The molecule has 18 heavy (non-hydrogen) atoms. The maximum atomic E-state index is 10.7. The van der Waals surface area contributed by atoms with Crippen LogP contribution in [0.1, 0.15) is 20.8 Å². The zero-order valence-corrected chi connectivity index (χ0v) is 10.9. The SMILES string of the molecule is Cn1c(NC(C)(C)C)nc2cc([N+](=O)[O-])ccc21. The van der Waals surface area contributed by atoms with Gasteiger partial charge in [0.05, 0.1) is 16.0 Å². The topological polar surface area (TPSA) is 73.0 Å². The first-order valence-corrected chi connectivity index (χ1v) is 5.67. The van der Waals surface area contributed by atoms with E-state index >= 15 is 0 Å². The molecule has 96 valence electrons. The number of nitro groups is 1. The summed E-state index contributed by atoms with van der Waals surface area (Å²) in [6.45, 7) is 6.11. The Bertz CT molecular complexity index is 610. The molecule has 0 aliphatic rings. The van der Waals surface area contributed by atoms with Gasteiger partial charge in [-0.3, -0.25) is 10.1 Å². The number of imidazole rings is 1. The Balaban J connectivity index is 2.52. The summed E-state index contributed by atoms with van der Waals surface area (Å²) < 4.78 is 1.89. The number of rotatable bonds is 2. The molecular formula is C12H16N4O2. The number of nitrogens with zero attached hydrogens (tertiary/aromatic N) is 3. The van der Waals surface area contributed by atoms with Gasteiger partial charge in [0, 0.05) is 24.7 Å². The number of aryl methyl sites for hydroxylation is 1. The smallest absolute Gasteiger partial charge is 0.271 e. The Morgan fingerprint density at radius 2 is 2.06 bits per heavy atom. The minimum absolute atomic E-state index is 0.0582. The lowest BCUT2D eigenvalue weighted by atomic mass is 10.1. The third-order valence-corrected chi connectivity index (χ3v) is 2.56. The van der Waals surface area contributed by atoms with Gasteiger partial charge < -0.3 is 9.88 Å². The Labute approximate surface area is 105 Å². The van der Waals surface area contributed by atoms with E-state index in [1.165, 1.54) is 12.1 Å². The van der Waals surface area contributed by atoms with Crippen LogP contribution >= 0.6 is 0 Å². The van der Waals surface area contributed by atoms with Crippen molar-refractivity contribution in [1.29, 1.82) is 0 Å². The molecule has 1 aromatic heterocycles. The Morgan fingerprint density at radius 3 is 2.61 bits per heavy atom. The molecule has 0 spiro atoms. The molecule has 0 saturated carbocycles. The van der Waals surface area contributed by atoms with E-state index < -0.39 is 4.92 Å². The van der Waals surface area contributed by atoms with Crippen LogP contribution in [0.2, 0.25) is 0 Å². The van der Waals surface area contributed by atoms with Crippen LogP contribution in [0.4, 0.5) is 11.6 Å². The summed E-state index contributed by atoms with van der Waals surface area (Å²) >= 11 is 0. The number of nitrogens with one attached hydrogen (secondary N) is 1. The van der Waals surface area contributed by atoms with E-state index in [0.717, 1.165) is 5.52 Å². The maximum absolute atomic E-state index is 10.7. The normalized spacial score (nSPS) is 11.8. The van der Waals surface area contributed by atoms with Crippen molar-refractivity contribution in [3.63, 3.8) is 0 Å². The summed E-state index contributed by atoms with van der Waals surface area (Å²) in [5, 5.41) is 14.0. The average molecular weight is 248 g/mol. The molecule has 0 fully saturated rings. The summed E-state index contributed by atoms with van der Waals surface area (Å²) in [6.07, 6.45) is 0. The highest BCUT2D eigenvalue weighted by molar-refractivity contribution is 5.81. The van der Waals surface area contributed by atoms with Crippen molar-refractivity contribution in [2.24, 2.45) is 7.05 Å². The molecule has 0 bridgehead atoms. The van der Waals surface area contributed by atoms with Gasteiger partial charge in [0.15, 0.2) is 0 Å². The van der Waals surface area contributed by atoms with Crippen molar-refractivity contribution in [2.75, 3.05) is 5.32 Å². The molecule has 2 rings (SSSR count). The minimum Gasteiger partial charge on any atom is -0.351 e. The molecule has 2 aromatic rings. The molecule has 0 unspecified atom stereocenters. The van der Waals surface area contributed by atoms with Crippen molar-refractivity contribution < 1.29 is 4.92 Å². The first-order chi connectivity index (χ1) is 8.28. The molecule has 0 saturated heterocycles. The summed E-state index contributed by atoms with van der Waals surface area (Å²) in [4.78, 5) is 14.7. The van der Waals surface area contributed by atoms with Crippen LogP contribution in [-0.2, 0) is 7.05 Å². The second kappa shape index (κ2) is 3.97. The molecule has 1 heterocycles. The summed E-state index contributed by atoms with van der Waals surface area (Å²) in [7, 11) is 1.88. The average Bonchev–Trinajstić information content (AvgIpc) is 2.53. The van der Waals surface area contributed by atoms with Gasteiger partial charge in [0.1, 0.15) is 0 Å². The molecule has 6 nitrogen and oxygen atoms in total. The molecular weight excluding hydrogens is 232 g/mol. The van der Waals surface area contributed by atoms with Gasteiger partial charge in [0.2, 0.25) is 5.95 Å². The Morgan fingerprint density at radius 1 is 1.39 bits per heavy atom. The quantitative estimate of drug-likeness (QED) is 0.655. The number of hydrogen-bond donors (Lipinski definition) is 1. The molecule has 0 aliphatic carbocycles. The molecule has 0 aliphatic heterocycles. The summed E-state index contributed by atoms with van der Waals surface area (Å²) in [6, 6.07) is 4.70. The van der Waals surface area contributed by atoms with Crippen LogP contribution in [0.3, 0.4) is 0 Å². The van der Waals surface area contributed by atoms with E-state index in [2.05, 4.69) is 10.3 Å². The molecule has 1 N–H and O–H groups in total. The number of non-ortho nitro benzene ring substituents is 1. The van der Waals surface area contributed by atoms with Gasteiger partial charge in [-0.25, -0.2) is 4.98 Å². The number of anilines is 1. The van der Waals surface area contributed by atoms with Crippen LogP contribution in [0, 0.1) is 10.1 Å². The van der Waals surface area contributed by atoms with E-state index in [-0.39, 0.29) is 11.2 Å². The number of hydrogen-bond acceptors (Lipinski definition) is 4. The fourth-order valence-electron chi connectivity index (χ4n) is 1.75. The molecule has 6 heteroatoms. The Kier molecular flexibility index (Phi) is 2.73. The largest absolute Gasteiger partial charge is 0.351 e. The zero-order chi connectivity index (χ0) is 13.5. The highest BCUT2D eigenvalue weighted by atomic mass is 16.6. The molecule has 0 amide bonds. The predicted molar refractivity (Wildman–Crippen MR) is 70.7 cm³/mol. The van der Waals surface area contributed by atoms with Gasteiger partial charge in [-0.2, -0.15) is 0 Å². The third-order valence-electron chi connectivity index (χ3n) is 2.56. The van der Waals surface area contributed by atoms with Crippen LogP contribution in [0.15, 0.2) is 18.2 Å². The van der Waals surface area contributed by atoms with Gasteiger partial charge in [-0.15, -0.1) is 0 Å². The first kappa shape index (κ1) is 12.3. The minimum atomic E-state index is -0.412. The van der Waals surface area contributed by atoms with Crippen LogP contribution in [-0.4, -0.2) is 20.0 Å². The fraction of sp³-hybridized carbons (Fsp3) is 0.417. The van der Waals surface area contributed by atoms with Crippen molar-refractivity contribution in [1.82, 2.24) is 9.55 Å². The number of fused-ring (bicyclic) bond motifs is 1. The fourth-order valence-corrected chi connectivity index (χ4v) is 1.75. The van der Waals surface area contributed by atoms with E-state index in [1.807, 2.05) is 32.4 Å². The standard InChI is InChI=1S/C12H16N4O2/c1-12(2,3)14-11-13-9-7-8(16(17)18)5-6-10(9)15(11)4/h5-7H,1-4H3,(H,13,14). The highest BCUT2D eigenvalue weighted by Crippen LogP contribution is 2.24. The number of nitro benzene ring substituents is 1. The molecule has 0 radical (unpaired) electrons. The summed E-state index contributed by atoms with van der Waals surface area (Å²) in [5.74, 6) is 0.706. The van der Waals surface area contributed by atoms with Crippen molar-refractivity contribution in [3.8, 4) is 0 Å². The van der Waals surface area contributed by atoms with Crippen molar-refractivity contribution >= 4 is 22.7 Å². The van der Waals surface area contributed by atoms with E-state index in [9.17, 15) is 10.1 Å². The number of aromatic nitrogens is 2. The van der Waals surface area contributed by atoms with Gasteiger partial charge >= 0.3 is 0 Å². The van der Waals surface area contributed by atoms with Gasteiger partial charge in [0.25, 0.3) is 5.69 Å². The van der Waals surface area contributed by atoms with E-state index in [4.69, 9.17) is 0 Å². The third kappa shape index (κ3) is 2.27. The van der Waals surface area contributed by atoms with E-state index in [1.54, 1.807) is 6.07 Å². The van der Waals surface area contributed by atoms with Crippen molar-refractivity contribution in [2.45, 2.75) is 26.3 Å². The lowest BCUT2D eigenvalue weighted by molar-refractivity contribution is -0.384. The monoisotopic (exact) mass is 248 g/mol. The molecule has 1 aromatic carbocycles. The van der Waals surface area contributed by atoms with Crippen LogP contribution in [0.5, 0.6) is 0 Å². The van der Waals surface area contributed by atoms with E-state index in [0.29, 0.717) is 11.5 Å². The van der Waals surface area contributed by atoms with Gasteiger partial charge in [-0.05, 0) is 26.8 Å². The first-order valence-electron chi connectivity index (χ1n) is 5.67.